The van der Waals surface area contributed by atoms with E-state index in [9.17, 15) is 0 Å². The van der Waals surface area contributed by atoms with Crippen molar-refractivity contribution in [3.8, 4) is 0 Å². The summed E-state index contributed by atoms with van der Waals surface area (Å²) >= 11 is 0. The molecule has 1 saturated carbocycles. The Morgan fingerprint density at radius 3 is 2.56 bits per heavy atom. The molecule has 1 unspecified atom stereocenters. The molecule has 0 bridgehead atoms. The van der Waals surface area contributed by atoms with Crippen molar-refractivity contribution in [2.24, 2.45) is 5.41 Å². The number of aryl methyl sites for hydroxylation is 2. The minimum absolute atomic E-state index is 0.254. The number of hydrogen-bond donors (Lipinski definition) is 1. The molecular formula is C25H33N7. The second kappa shape index (κ2) is 7.81. The Kier molecular flexibility index (Phi) is 4.91. The lowest BCUT2D eigenvalue weighted by atomic mass is 9.71. The van der Waals surface area contributed by atoms with E-state index in [0.717, 1.165) is 63.2 Å². The van der Waals surface area contributed by atoms with E-state index in [1.54, 1.807) is 0 Å². The molecule has 1 N–H and O–H groups in total. The van der Waals surface area contributed by atoms with Crippen molar-refractivity contribution in [2.45, 2.75) is 58.2 Å². The molecule has 3 aromatic rings. The minimum atomic E-state index is 0.254. The molecule has 1 spiro atoms. The Morgan fingerprint density at radius 1 is 1.06 bits per heavy atom. The lowest BCUT2D eigenvalue weighted by molar-refractivity contribution is -0.0112. The first-order chi connectivity index (χ1) is 15.6. The predicted octanol–water partition coefficient (Wildman–Crippen LogP) is 3.31. The predicted molar refractivity (Wildman–Crippen MR) is 123 cm³/mol. The lowest BCUT2D eigenvalue weighted by Gasteiger charge is -2.50. The maximum atomic E-state index is 4.99. The zero-order chi connectivity index (χ0) is 21.7. The average Bonchev–Trinajstić information content (AvgIpc) is 3.22. The summed E-state index contributed by atoms with van der Waals surface area (Å²) in [6.07, 6.45) is 4.70. The van der Waals surface area contributed by atoms with Crippen LogP contribution in [-0.2, 0) is 19.6 Å². The van der Waals surface area contributed by atoms with Gasteiger partial charge < -0.3 is 0 Å². The van der Waals surface area contributed by atoms with Crippen molar-refractivity contribution >= 4 is 0 Å². The summed E-state index contributed by atoms with van der Waals surface area (Å²) in [7, 11) is 0. The van der Waals surface area contributed by atoms with Gasteiger partial charge in [0.15, 0.2) is 5.82 Å². The van der Waals surface area contributed by atoms with E-state index in [1.165, 1.54) is 24.0 Å². The number of aromatic nitrogens is 5. The summed E-state index contributed by atoms with van der Waals surface area (Å²) < 4.78 is 2.05. The summed E-state index contributed by atoms with van der Waals surface area (Å²) in [5, 5.41) is 12.6. The highest BCUT2D eigenvalue weighted by Crippen LogP contribution is 2.49. The van der Waals surface area contributed by atoms with Crippen LogP contribution in [0.25, 0.3) is 0 Å². The maximum Gasteiger partial charge on any atom is 0.153 e. The van der Waals surface area contributed by atoms with E-state index < -0.39 is 0 Å². The third-order valence-electron chi connectivity index (χ3n) is 7.60. The van der Waals surface area contributed by atoms with Crippen LogP contribution in [0.2, 0.25) is 0 Å². The molecule has 2 aromatic heterocycles. The van der Waals surface area contributed by atoms with Crippen LogP contribution in [0.15, 0.2) is 36.5 Å². The third-order valence-corrected chi connectivity index (χ3v) is 7.60. The van der Waals surface area contributed by atoms with Gasteiger partial charge in [-0.1, -0.05) is 30.3 Å². The average molecular weight is 432 g/mol. The largest absolute Gasteiger partial charge is 0.298 e. The Hall–Kier alpha value is -2.51. The molecule has 0 radical (unpaired) electrons. The molecule has 3 fully saturated rings. The highest BCUT2D eigenvalue weighted by atomic mass is 15.3. The van der Waals surface area contributed by atoms with Gasteiger partial charge in [-0.05, 0) is 32.3 Å². The second-order valence-corrected chi connectivity index (χ2v) is 10.2. The number of hydrogen-bond acceptors (Lipinski definition) is 5. The smallest absolute Gasteiger partial charge is 0.153 e. The third kappa shape index (κ3) is 3.67. The standard InChI is InChI=1S/C25H33N7/c1-3-32-13-21(18(2)29-32)12-31-16-25(17-31)15-30(11-19-7-5-4-6-8-19)14-22(25)24-26-23(27-28-24)20-9-10-20/h4-8,13,20,22H,3,9-12,14-17H2,1-2H3,(H,26,27,28). The van der Waals surface area contributed by atoms with Gasteiger partial charge in [0.25, 0.3) is 0 Å². The quantitative estimate of drug-likeness (QED) is 0.622. The Balaban J connectivity index is 1.20. The van der Waals surface area contributed by atoms with Crippen LogP contribution in [0.1, 0.15) is 60.1 Å². The first-order valence-corrected chi connectivity index (χ1v) is 12.1. The summed E-state index contributed by atoms with van der Waals surface area (Å²) in [5.74, 6) is 3.16. The molecule has 1 aromatic carbocycles. The van der Waals surface area contributed by atoms with Crippen LogP contribution < -0.4 is 0 Å². The van der Waals surface area contributed by atoms with Gasteiger partial charge in [-0.2, -0.15) is 10.2 Å². The molecule has 1 atom stereocenters. The minimum Gasteiger partial charge on any atom is -0.298 e. The van der Waals surface area contributed by atoms with Gasteiger partial charge in [-0.3, -0.25) is 19.6 Å². The first-order valence-electron chi connectivity index (χ1n) is 12.1. The molecular weight excluding hydrogens is 398 g/mol. The van der Waals surface area contributed by atoms with Crippen molar-refractivity contribution in [1.29, 1.82) is 0 Å². The fourth-order valence-electron chi connectivity index (χ4n) is 5.77. The first kappa shape index (κ1) is 20.1. The highest BCUT2D eigenvalue weighted by Gasteiger charge is 2.55. The Bertz CT molecular complexity index is 1070. The van der Waals surface area contributed by atoms with Gasteiger partial charge in [0.1, 0.15) is 5.82 Å². The Morgan fingerprint density at radius 2 is 1.84 bits per heavy atom. The molecule has 4 heterocycles. The number of aromatic amines is 1. The van der Waals surface area contributed by atoms with Crippen LogP contribution in [-0.4, -0.2) is 60.9 Å². The molecule has 2 saturated heterocycles. The lowest BCUT2D eigenvalue weighted by Crippen LogP contribution is -2.59. The van der Waals surface area contributed by atoms with E-state index in [1.807, 2.05) is 4.68 Å². The molecule has 1 aliphatic carbocycles. The molecule has 6 rings (SSSR count). The number of nitrogens with zero attached hydrogens (tertiary/aromatic N) is 6. The molecule has 2 aliphatic heterocycles. The van der Waals surface area contributed by atoms with Crippen LogP contribution in [0.3, 0.4) is 0 Å². The van der Waals surface area contributed by atoms with Crippen LogP contribution in [0.5, 0.6) is 0 Å². The van der Waals surface area contributed by atoms with E-state index in [2.05, 4.69) is 75.5 Å². The Labute approximate surface area is 189 Å². The fourth-order valence-corrected chi connectivity index (χ4v) is 5.77. The van der Waals surface area contributed by atoms with Crippen molar-refractivity contribution in [1.82, 2.24) is 34.8 Å². The van der Waals surface area contributed by atoms with Gasteiger partial charge in [-0.25, -0.2) is 4.98 Å². The van der Waals surface area contributed by atoms with E-state index >= 15 is 0 Å². The van der Waals surface area contributed by atoms with Crippen molar-refractivity contribution in [3.05, 3.63) is 65.0 Å². The number of rotatable bonds is 7. The summed E-state index contributed by atoms with van der Waals surface area (Å²) in [5.41, 5.74) is 4.15. The number of likely N-dealkylation sites (tertiary alicyclic amines) is 2. The number of benzene rings is 1. The molecule has 7 heteroatoms. The van der Waals surface area contributed by atoms with E-state index in [0.29, 0.717) is 11.8 Å². The number of H-pyrrole nitrogens is 1. The molecule has 3 aliphatic rings. The van der Waals surface area contributed by atoms with Crippen LogP contribution in [0, 0.1) is 12.3 Å². The van der Waals surface area contributed by atoms with E-state index in [4.69, 9.17) is 4.98 Å². The number of nitrogens with one attached hydrogen (secondary N) is 1. The molecule has 0 amide bonds. The van der Waals surface area contributed by atoms with Crippen molar-refractivity contribution in [3.63, 3.8) is 0 Å². The van der Waals surface area contributed by atoms with Gasteiger partial charge in [0.2, 0.25) is 0 Å². The SMILES string of the molecule is CCn1cc(CN2CC3(CN(Cc4ccccc4)CC3c3nc(C4CC4)n[nH]3)C2)c(C)n1. The fraction of sp³-hybridized carbons (Fsp3) is 0.560. The van der Waals surface area contributed by atoms with Gasteiger partial charge in [0.05, 0.1) is 5.69 Å². The normalized spacial score (nSPS) is 23.1. The van der Waals surface area contributed by atoms with Crippen molar-refractivity contribution < 1.29 is 0 Å². The van der Waals surface area contributed by atoms with Crippen molar-refractivity contribution in [2.75, 3.05) is 26.2 Å². The molecule has 32 heavy (non-hydrogen) atoms. The van der Waals surface area contributed by atoms with Gasteiger partial charge >= 0.3 is 0 Å². The van der Waals surface area contributed by atoms with Crippen LogP contribution in [0.4, 0.5) is 0 Å². The van der Waals surface area contributed by atoms with E-state index in [-0.39, 0.29) is 5.41 Å². The highest BCUT2D eigenvalue weighted by molar-refractivity contribution is 5.22. The van der Waals surface area contributed by atoms with Gasteiger partial charge in [-0.15, -0.1) is 0 Å². The monoisotopic (exact) mass is 431 g/mol. The summed E-state index contributed by atoms with van der Waals surface area (Å²) in [4.78, 5) is 10.2. The second-order valence-electron chi connectivity index (χ2n) is 10.2. The van der Waals surface area contributed by atoms with Crippen LogP contribution >= 0.6 is 0 Å². The summed E-state index contributed by atoms with van der Waals surface area (Å²) in [6.45, 7) is 11.6. The van der Waals surface area contributed by atoms with Gasteiger partial charge in [0, 0.05) is 74.8 Å². The zero-order valence-electron chi connectivity index (χ0n) is 19.2. The zero-order valence-corrected chi connectivity index (χ0v) is 19.2. The molecule has 168 valence electrons. The topological polar surface area (TPSA) is 65.9 Å². The molecule has 7 nitrogen and oxygen atoms in total. The maximum absolute atomic E-state index is 4.99. The summed E-state index contributed by atoms with van der Waals surface area (Å²) in [6, 6.07) is 10.8.